The van der Waals surface area contributed by atoms with Crippen LogP contribution in [-0.2, 0) is 19.6 Å². The molecular weight excluding hydrogens is 448 g/mol. The van der Waals surface area contributed by atoms with Crippen molar-refractivity contribution in [2.45, 2.75) is 50.3 Å². The highest BCUT2D eigenvalue weighted by Crippen LogP contribution is 2.49. The molecule has 7 heteroatoms. The molecule has 34 heavy (non-hydrogen) atoms. The molecular formula is C27H30N2O4S. The second-order valence-electron chi connectivity index (χ2n) is 9.18. The van der Waals surface area contributed by atoms with Crippen molar-refractivity contribution in [3.05, 3.63) is 71.3 Å². The Morgan fingerprint density at radius 2 is 1.79 bits per heavy atom. The minimum absolute atomic E-state index is 0.0629. The molecule has 0 bridgehead atoms. The van der Waals surface area contributed by atoms with Gasteiger partial charge in [-0.25, -0.2) is 17.5 Å². The summed E-state index contributed by atoms with van der Waals surface area (Å²) >= 11 is 0. The number of rotatable bonds is 5. The van der Waals surface area contributed by atoms with E-state index in [0.717, 1.165) is 47.7 Å². The molecule has 2 heterocycles. The number of fused-ring (bicyclic) bond motifs is 3. The molecule has 1 N–H and O–H groups in total. The first-order valence-electron chi connectivity index (χ1n) is 12.0. The molecule has 1 saturated carbocycles. The number of para-hydroxylation sites is 1. The number of hydrogen-bond acceptors (Lipinski definition) is 4. The van der Waals surface area contributed by atoms with E-state index in [0.29, 0.717) is 11.4 Å². The topological polar surface area (TPSA) is 79.5 Å². The molecule has 0 radical (unpaired) electrons. The largest absolute Gasteiger partial charge is 0.463 e. The van der Waals surface area contributed by atoms with Gasteiger partial charge in [0.05, 0.1) is 18.0 Å². The maximum atomic E-state index is 13.9. The molecule has 1 fully saturated rings. The average molecular weight is 479 g/mol. The fourth-order valence-corrected chi connectivity index (χ4v) is 6.87. The number of aromatic nitrogens is 1. The monoisotopic (exact) mass is 478 g/mol. The third kappa shape index (κ3) is 3.82. The van der Waals surface area contributed by atoms with Crippen molar-refractivity contribution >= 4 is 32.7 Å². The van der Waals surface area contributed by atoms with E-state index in [1.54, 1.807) is 37.3 Å². The number of nitrogens with zero attached hydrogens (tertiary/aromatic N) is 1. The molecule has 0 saturated heterocycles. The molecule has 0 amide bonds. The fraction of sp³-hybridized carbons (Fsp3) is 0.370. The van der Waals surface area contributed by atoms with Crippen LogP contribution in [0.5, 0.6) is 0 Å². The van der Waals surface area contributed by atoms with Crippen molar-refractivity contribution in [3.8, 4) is 0 Å². The van der Waals surface area contributed by atoms with E-state index >= 15 is 0 Å². The molecule has 6 nitrogen and oxygen atoms in total. The molecule has 1 unspecified atom stereocenters. The van der Waals surface area contributed by atoms with E-state index in [4.69, 9.17) is 4.74 Å². The highest BCUT2D eigenvalue weighted by molar-refractivity contribution is 7.92. The predicted molar refractivity (Wildman–Crippen MR) is 133 cm³/mol. The van der Waals surface area contributed by atoms with Crippen LogP contribution >= 0.6 is 0 Å². The minimum atomic E-state index is -3.87. The first-order chi connectivity index (χ1) is 16.4. The lowest BCUT2D eigenvalue weighted by atomic mass is 9.79. The van der Waals surface area contributed by atoms with Crippen molar-refractivity contribution < 1.29 is 17.9 Å². The van der Waals surface area contributed by atoms with E-state index in [9.17, 15) is 13.2 Å². The summed E-state index contributed by atoms with van der Waals surface area (Å²) in [6, 6.07) is 14.8. The van der Waals surface area contributed by atoms with Gasteiger partial charge >= 0.3 is 5.97 Å². The fourth-order valence-electron chi connectivity index (χ4n) is 5.48. The van der Waals surface area contributed by atoms with E-state index in [2.05, 4.69) is 4.98 Å². The Labute approximate surface area is 200 Å². The number of sulfonamides is 1. The van der Waals surface area contributed by atoms with Gasteiger partial charge in [-0.2, -0.15) is 0 Å². The van der Waals surface area contributed by atoms with Crippen LogP contribution in [0, 0.1) is 12.8 Å². The summed E-state index contributed by atoms with van der Waals surface area (Å²) in [6.07, 6.45) is 6.01. The van der Waals surface area contributed by atoms with Gasteiger partial charge in [0.2, 0.25) is 0 Å². The van der Waals surface area contributed by atoms with Crippen LogP contribution in [0.3, 0.4) is 0 Å². The van der Waals surface area contributed by atoms with E-state index < -0.39 is 10.0 Å². The van der Waals surface area contributed by atoms with Gasteiger partial charge < -0.3 is 9.72 Å². The lowest BCUT2D eigenvalue weighted by molar-refractivity contribution is -0.139. The average Bonchev–Trinajstić information content (AvgIpc) is 3.44. The first kappa shape index (κ1) is 22.7. The van der Waals surface area contributed by atoms with Crippen LogP contribution in [-0.4, -0.2) is 32.5 Å². The van der Waals surface area contributed by atoms with Crippen molar-refractivity contribution in [1.82, 2.24) is 4.98 Å². The second-order valence-corrected chi connectivity index (χ2v) is 11.0. The Kier molecular flexibility index (Phi) is 5.98. The Balaban J connectivity index is 1.75. The zero-order chi connectivity index (χ0) is 23.9. The number of nitrogens with one attached hydrogen (secondary N) is 1. The second kappa shape index (κ2) is 8.95. The first-order valence-corrected chi connectivity index (χ1v) is 13.4. The van der Waals surface area contributed by atoms with Gasteiger partial charge in [0.1, 0.15) is 5.82 Å². The highest BCUT2D eigenvalue weighted by atomic mass is 32.2. The molecule has 1 aromatic heterocycles. The lowest BCUT2D eigenvalue weighted by Crippen LogP contribution is -2.31. The number of carbonyl (C=O) groups excluding carboxylic acids is 1. The lowest BCUT2D eigenvalue weighted by Gasteiger charge is -2.26. The van der Waals surface area contributed by atoms with Crippen molar-refractivity contribution in [1.29, 1.82) is 0 Å². The van der Waals surface area contributed by atoms with Crippen molar-refractivity contribution in [3.63, 3.8) is 0 Å². The van der Waals surface area contributed by atoms with E-state index in [-0.39, 0.29) is 35.9 Å². The summed E-state index contributed by atoms with van der Waals surface area (Å²) in [5.74, 6) is 0.237. The van der Waals surface area contributed by atoms with Crippen LogP contribution in [0.25, 0.3) is 10.9 Å². The molecule has 1 aliphatic carbocycles. The molecule has 3 aromatic rings. The Hall–Kier alpha value is -3.06. The summed E-state index contributed by atoms with van der Waals surface area (Å²) in [7, 11) is -3.87. The zero-order valence-electron chi connectivity index (χ0n) is 19.6. The van der Waals surface area contributed by atoms with Crippen LogP contribution in [0.2, 0.25) is 0 Å². The van der Waals surface area contributed by atoms with Crippen LogP contribution in [0.1, 0.15) is 49.7 Å². The van der Waals surface area contributed by atoms with Gasteiger partial charge in [-0.15, -0.1) is 0 Å². The summed E-state index contributed by atoms with van der Waals surface area (Å²) in [5.41, 5.74) is 3.31. The third-order valence-electron chi connectivity index (χ3n) is 7.09. The minimum Gasteiger partial charge on any atom is -0.463 e. The molecule has 1 atom stereocenters. The number of carbonyl (C=O) groups is 1. The number of aromatic amines is 1. The summed E-state index contributed by atoms with van der Waals surface area (Å²) in [5, 5.41) is 0.954. The number of aryl methyl sites for hydroxylation is 1. The maximum Gasteiger partial charge on any atom is 0.334 e. The highest BCUT2D eigenvalue weighted by Gasteiger charge is 2.41. The number of esters is 1. The predicted octanol–water partition coefficient (Wildman–Crippen LogP) is 5.45. The third-order valence-corrected chi connectivity index (χ3v) is 8.87. The number of anilines is 1. The van der Waals surface area contributed by atoms with Crippen LogP contribution in [0.4, 0.5) is 5.82 Å². The molecule has 2 aromatic carbocycles. The van der Waals surface area contributed by atoms with E-state index in [1.807, 2.05) is 31.2 Å². The van der Waals surface area contributed by atoms with Crippen molar-refractivity contribution in [2.24, 2.45) is 5.92 Å². The Bertz CT molecular complexity index is 1350. The smallest absolute Gasteiger partial charge is 0.334 e. The van der Waals surface area contributed by atoms with Crippen molar-refractivity contribution in [2.75, 3.05) is 17.5 Å². The quantitative estimate of drug-likeness (QED) is 0.495. The van der Waals surface area contributed by atoms with Gasteiger partial charge in [0.15, 0.2) is 0 Å². The normalized spacial score (nSPS) is 19.1. The Morgan fingerprint density at radius 3 is 2.50 bits per heavy atom. The van der Waals surface area contributed by atoms with Crippen LogP contribution < -0.4 is 4.31 Å². The SMILES string of the molecule is CCOC(=O)C1=CCN(S(=O)(=O)c2ccc(C)cc2)c2[nH]c3ccccc3c2C1C1CCCC1. The number of hydrogen-bond donors (Lipinski definition) is 1. The number of H-pyrrole nitrogens is 1. The summed E-state index contributed by atoms with van der Waals surface area (Å²) < 4.78 is 34.6. The Morgan fingerprint density at radius 1 is 1.09 bits per heavy atom. The molecule has 0 spiro atoms. The summed E-state index contributed by atoms with van der Waals surface area (Å²) in [4.78, 5) is 16.8. The van der Waals surface area contributed by atoms with Gasteiger partial charge in [0, 0.05) is 28.0 Å². The van der Waals surface area contributed by atoms with Crippen LogP contribution in [0.15, 0.2) is 65.1 Å². The van der Waals surface area contributed by atoms with Gasteiger partial charge in [-0.1, -0.05) is 54.8 Å². The van der Waals surface area contributed by atoms with Gasteiger partial charge in [0.25, 0.3) is 10.0 Å². The van der Waals surface area contributed by atoms with Gasteiger partial charge in [-0.3, -0.25) is 0 Å². The molecule has 5 rings (SSSR count). The number of benzene rings is 2. The molecule has 1 aliphatic heterocycles. The molecule has 2 aliphatic rings. The number of ether oxygens (including phenoxy) is 1. The zero-order valence-corrected chi connectivity index (χ0v) is 20.4. The molecule has 178 valence electrons. The standard InChI is InChI=1S/C27H30N2O4S/c1-3-33-27(30)22-16-17-29(34(31,32)20-14-12-18(2)13-15-20)26-25(24(22)19-8-4-5-9-19)21-10-6-7-11-23(21)28-26/h6-7,10-16,19,24,28H,3-5,8-9,17H2,1-2H3. The maximum absolute atomic E-state index is 13.9. The summed E-state index contributed by atoms with van der Waals surface area (Å²) in [6.45, 7) is 4.07. The van der Waals surface area contributed by atoms with Gasteiger partial charge in [-0.05, 0) is 50.8 Å². The van der Waals surface area contributed by atoms with E-state index in [1.165, 1.54) is 4.31 Å².